The molecule has 0 bridgehead atoms. The van der Waals surface area contributed by atoms with E-state index in [0.29, 0.717) is 0 Å². The fourth-order valence-corrected chi connectivity index (χ4v) is 21.0. The van der Waals surface area contributed by atoms with Crippen LogP contribution in [0.25, 0.3) is 0 Å². The predicted octanol–water partition coefficient (Wildman–Crippen LogP) is 10.5. The van der Waals surface area contributed by atoms with Crippen LogP contribution in [0.2, 0.25) is 0 Å². The molecule has 0 spiro atoms. The van der Waals surface area contributed by atoms with Crippen molar-refractivity contribution in [3.05, 3.63) is 218 Å². The molecule has 1 aliphatic heterocycles. The quantitative estimate of drug-likeness (QED) is 0.143. The van der Waals surface area contributed by atoms with Crippen molar-refractivity contribution in [2.75, 3.05) is 9.80 Å². The zero-order valence-corrected chi connectivity index (χ0v) is 31.5. The first-order chi connectivity index (χ1) is 25.8. The van der Waals surface area contributed by atoms with E-state index in [2.05, 4.69) is 228 Å². The van der Waals surface area contributed by atoms with E-state index >= 15 is 0 Å². The van der Waals surface area contributed by atoms with Crippen molar-refractivity contribution in [3.8, 4) is 0 Å². The van der Waals surface area contributed by atoms with Gasteiger partial charge in [0.2, 0.25) is 0 Å². The van der Waals surface area contributed by atoms with Gasteiger partial charge < -0.3 is 0 Å². The summed E-state index contributed by atoms with van der Waals surface area (Å²) in [5.41, 5.74) is 6.84. The summed E-state index contributed by atoms with van der Waals surface area (Å²) in [5.74, 6) is 0. The van der Waals surface area contributed by atoms with Gasteiger partial charge in [-0.2, -0.15) is 0 Å². The maximum atomic E-state index is 2.45. The Labute approximate surface area is 313 Å². The van der Waals surface area contributed by atoms with Crippen LogP contribution in [0.1, 0.15) is 0 Å². The monoisotopic (exact) mass is 746 g/mol. The number of nitrogens with zero attached hydrogens (tertiary/aromatic N) is 2. The van der Waals surface area contributed by atoms with Crippen molar-refractivity contribution in [3.63, 3.8) is 0 Å². The van der Waals surface area contributed by atoms with Gasteiger partial charge in [-0.3, -0.25) is 0 Å². The van der Waals surface area contributed by atoms with Crippen molar-refractivity contribution in [2.45, 2.75) is 9.79 Å². The summed E-state index contributed by atoms with van der Waals surface area (Å²) in [6.07, 6.45) is 0. The van der Waals surface area contributed by atoms with E-state index in [1.165, 1.54) is 27.4 Å². The predicted molar refractivity (Wildman–Crippen MR) is 224 cm³/mol. The van der Waals surface area contributed by atoms with E-state index in [-0.39, 0.29) is 0 Å². The Morgan fingerprint density at radius 2 is 0.577 bits per heavy atom. The van der Waals surface area contributed by atoms with Gasteiger partial charge in [0.25, 0.3) is 0 Å². The van der Waals surface area contributed by atoms with Crippen LogP contribution in [0.5, 0.6) is 0 Å². The Hall–Kier alpha value is -5.75. The maximum absolute atomic E-state index is 3.55. The summed E-state index contributed by atoms with van der Waals surface area (Å²) in [6.45, 7) is 0. The molecule has 0 fully saturated rings. The molecule has 0 amide bonds. The van der Waals surface area contributed by atoms with E-state index in [0.717, 1.165) is 34.1 Å². The van der Waals surface area contributed by atoms with Crippen LogP contribution in [0.3, 0.4) is 0 Å². The van der Waals surface area contributed by atoms with Gasteiger partial charge in [0.05, 0.1) is 0 Å². The van der Waals surface area contributed by atoms with E-state index < -0.39 is 13.3 Å². The third kappa shape index (κ3) is 5.73. The van der Waals surface area contributed by atoms with Gasteiger partial charge >= 0.3 is 315 Å². The number of rotatable bonds is 8. The molecule has 0 saturated carbocycles. The third-order valence-corrected chi connectivity index (χ3v) is 22.1. The molecule has 9 rings (SSSR count). The Balaban J connectivity index is 1.30. The van der Waals surface area contributed by atoms with Crippen LogP contribution in [0.4, 0.5) is 34.1 Å². The van der Waals surface area contributed by atoms with Crippen molar-refractivity contribution in [1.82, 2.24) is 0 Å². The molecule has 0 saturated heterocycles. The Bertz CT molecular complexity index is 2170. The molecule has 2 nitrogen and oxygen atoms in total. The summed E-state index contributed by atoms with van der Waals surface area (Å²) in [6, 6.07) is 79.9. The normalized spacial score (nSPS) is 12.7. The molecule has 1 aliphatic rings. The van der Waals surface area contributed by atoms with Gasteiger partial charge in [-0.25, -0.2) is 0 Å². The Morgan fingerprint density at radius 1 is 0.288 bits per heavy atom. The van der Waals surface area contributed by atoms with Gasteiger partial charge in [-0.15, -0.1) is 0 Å². The zero-order valence-electron chi connectivity index (χ0n) is 28.6. The second-order valence-corrected chi connectivity index (χ2v) is 21.9. The van der Waals surface area contributed by atoms with E-state index in [9.17, 15) is 0 Å². The summed E-state index contributed by atoms with van der Waals surface area (Å²) in [4.78, 5) is 7.38. The van der Waals surface area contributed by atoms with Gasteiger partial charge in [0, 0.05) is 0 Å². The first-order valence-corrected chi connectivity index (χ1v) is 22.7. The molecule has 8 aromatic rings. The Morgan fingerprint density at radius 3 is 0.885 bits per heavy atom. The molecule has 0 unspecified atom stereocenters. The fourth-order valence-electron chi connectivity index (χ4n) is 7.72. The average molecular weight is 746 g/mol. The summed E-state index contributed by atoms with van der Waals surface area (Å²) in [7, 11) is 0. The molecule has 1 heterocycles. The molecule has 0 N–H and O–H groups in total. The first-order valence-electron chi connectivity index (χ1n) is 17.7. The van der Waals surface area contributed by atoms with Gasteiger partial charge in [0.1, 0.15) is 0 Å². The molecule has 0 aliphatic carbocycles. The minimum absolute atomic E-state index is 1.14. The molecule has 8 aromatic carbocycles. The second-order valence-electron chi connectivity index (χ2n) is 13.0. The average Bonchev–Trinajstić information content (AvgIpc) is 3.22. The van der Waals surface area contributed by atoms with E-state index in [4.69, 9.17) is 0 Å². The molecule has 0 atom stereocenters. The van der Waals surface area contributed by atoms with Crippen molar-refractivity contribution < 1.29 is 0 Å². The van der Waals surface area contributed by atoms with Gasteiger partial charge in [-0.05, 0) is 0 Å². The number of fused-ring (bicyclic) bond motifs is 2. The standard InChI is InChI=1S/C48H36GeN2S/c1-7-19-37(20-8-1)49(38-21-9-2-10-22-38)45-33-31-43(50(39-23-11-3-12-24-39)40-25-13-4-14-26-40)35-47(45)52-48-36-44(32-34-46(48)49)51(41-27-15-5-16-28-41)42-29-17-6-18-30-42/h1-36H. The summed E-state index contributed by atoms with van der Waals surface area (Å²) < 4.78 is 5.80. The molecule has 4 heteroatoms. The van der Waals surface area contributed by atoms with Crippen LogP contribution in [-0.2, 0) is 0 Å². The number of anilines is 6. The fraction of sp³-hybridized carbons (Fsp3) is 0. The third-order valence-electron chi connectivity index (χ3n) is 9.95. The number of para-hydroxylation sites is 4. The van der Waals surface area contributed by atoms with Crippen molar-refractivity contribution in [1.29, 1.82) is 0 Å². The van der Waals surface area contributed by atoms with Gasteiger partial charge in [-0.1, -0.05) is 0 Å². The van der Waals surface area contributed by atoms with Crippen LogP contribution < -0.4 is 27.4 Å². The van der Waals surface area contributed by atoms with Crippen molar-refractivity contribution >= 4 is 76.7 Å². The molecule has 0 aromatic heterocycles. The number of hydrogen-bond acceptors (Lipinski definition) is 3. The molecule has 0 radical (unpaired) electrons. The number of benzene rings is 8. The summed E-state index contributed by atoms with van der Waals surface area (Å²) in [5, 5.41) is 0. The van der Waals surface area contributed by atoms with E-state index in [1.807, 2.05) is 11.8 Å². The molecular weight excluding hydrogens is 709 g/mol. The van der Waals surface area contributed by atoms with E-state index in [1.54, 1.807) is 0 Å². The summed E-state index contributed by atoms with van der Waals surface area (Å²) >= 11 is -1.64. The SMILES string of the molecule is c1ccc(N(c2ccccc2)c2cc[c]3c(c2)Sc2cc(N(c4ccccc4)c4ccccc4)cc[c]2[Ge]3([c]2ccccc2)[c]2ccccc2)cc1. The molecule has 248 valence electrons. The first kappa shape index (κ1) is 32.2. The van der Waals surface area contributed by atoms with Crippen LogP contribution in [0.15, 0.2) is 228 Å². The molecular formula is C48H36GeN2S. The molecule has 52 heavy (non-hydrogen) atoms. The van der Waals surface area contributed by atoms with Crippen molar-refractivity contribution in [2.24, 2.45) is 0 Å². The number of hydrogen-bond donors (Lipinski definition) is 0. The van der Waals surface area contributed by atoms with Gasteiger partial charge in [0.15, 0.2) is 0 Å². The van der Waals surface area contributed by atoms with Crippen LogP contribution in [-0.4, -0.2) is 13.3 Å². The minimum atomic E-state index is -3.55. The van der Waals surface area contributed by atoms with Crippen LogP contribution >= 0.6 is 11.8 Å². The topological polar surface area (TPSA) is 6.48 Å². The zero-order chi connectivity index (χ0) is 34.7. The second kappa shape index (κ2) is 14.1. The van der Waals surface area contributed by atoms with Crippen LogP contribution in [0, 0.1) is 0 Å². The Kier molecular flexibility index (Phi) is 8.73.